The molecule has 0 radical (unpaired) electrons. The summed E-state index contributed by atoms with van der Waals surface area (Å²) in [5.74, 6) is -0.0535. The van der Waals surface area contributed by atoms with Crippen LogP contribution in [0.1, 0.15) is 41.0 Å². The molecule has 1 aliphatic heterocycles. The highest BCUT2D eigenvalue weighted by molar-refractivity contribution is 5.99. The number of aryl methyl sites for hydroxylation is 1. The van der Waals surface area contributed by atoms with Gasteiger partial charge in [0.2, 0.25) is 0 Å². The number of nitro benzene ring substituents is 1. The van der Waals surface area contributed by atoms with Crippen molar-refractivity contribution < 1.29 is 9.72 Å². The second kappa shape index (κ2) is 8.37. The highest BCUT2D eigenvalue weighted by Gasteiger charge is 2.39. The van der Waals surface area contributed by atoms with Crippen molar-refractivity contribution in [1.29, 1.82) is 0 Å². The van der Waals surface area contributed by atoms with E-state index in [0.29, 0.717) is 11.3 Å². The molecule has 4 rings (SSSR count). The molecule has 0 fully saturated rings. The largest absolute Gasteiger partial charge is 0.356 e. The average molecular weight is 401 g/mol. The quantitative estimate of drug-likeness (QED) is 0.437. The summed E-state index contributed by atoms with van der Waals surface area (Å²) in [6, 6.07) is 24.1. The van der Waals surface area contributed by atoms with Crippen molar-refractivity contribution in [2.75, 3.05) is 5.32 Å². The third kappa shape index (κ3) is 3.76. The predicted octanol–water partition coefficient (Wildman–Crippen LogP) is 5.18. The van der Waals surface area contributed by atoms with Crippen molar-refractivity contribution in [2.45, 2.75) is 32.0 Å². The van der Waals surface area contributed by atoms with Gasteiger partial charge >= 0.3 is 0 Å². The van der Waals surface area contributed by atoms with Gasteiger partial charge in [0.15, 0.2) is 0 Å². The second-order valence-corrected chi connectivity index (χ2v) is 7.49. The van der Waals surface area contributed by atoms with E-state index in [1.165, 1.54) is 11.6 Å². The van der Waals surface area contributed by atoms with Crippen LogP contribution >= 0.6 is 0 Å². The number of fused-ring (bicyclic) bond motifs is 1. The van der Waals surface area contributed by atoms with Gasteiger partial charge in [-0.2, -0.15) is 0 Å². The van der Waals surface area contributed by atoms with Crippen molar-refractivity contribution in [3.63, 3.8) is 0 Å². The van der Waals surface area contributed by atoms with Crippen LogP contribution in [0.2, 0.25) is 0 Å². The number of nitro groups is 1. The minimum atomic E-state index is -0.458. The molecule has 2 atom stereocenters. The van der Waals surface area contributed by atoms with Crippen LogP contribution in [0.15, 0.2) is 78.9 Å². The fourth-order valence-corrected chi connectivity index (χ4v) is 4.00. The van der Waals surface area contributed by atoms with E-state index in [1.807, 2.05) is 54.3 Å². The summed E-state index contributed by atoms with van der Waals surface area (Å²) in [5.41, 5.74) is 3.09. The summed E-state index contributed by atoms with van der Waals surface area (Å²) >= 11 is 0. The van der Waals surface area contributed by atoms with Crippen molar-refractivity contribution >= 4 is 17.3 Å². The maximum Gasteiger partial charge on any atom is 0.292 e. The van der Waals surface area contributed by atoms with Crippen LogP contribution in [0.3, 0.4) is 0 Å². The lowest BCUT2D eigenvalue weighted by Gasteiger charge is -2.32. The third-order valence-corrected chi connectivity index (χ3v) is 5.56. The number of nitrogens with one attached hydrogen (secondary N) is 1. The van der Waals surface area contributed by atoms with E-state index in [2.05, 4.69) is 17.4 Å². The monoisotopic (exact) mass is 401 g/mol. The highest BCUT2D eigenvalue weighted by Crippen LogP contribution is 2.38. The molecule has 0 bridgehead atoms. The number of rotatable bonds is 7. The topological polar surface area (TPSA) is 75.5 Å². The van der Waals surface area contributed by atoms with Crippen molar-refractivity contribution in [1.82, 2.24) is 4.90 Å². The third-order valence-electron chi connectivity index (χ3n) is 5.56. The van der Waals surface area contributed by atoms with Gasteiger partial charge in [0.25, 0.3) is 11.6 Å². The van der Waals surface area contributed by atoms with Gasteiger partial charge in [-0.3, -0.25) is 14.9 Å². The lowest BCUT2D eigenvalue weighted by Crippen LogP contribution is -2.39. The number of carbonyl (C=O) groups is 1. The first kappa shape index (κ1) is 19.6. The van der Waals surface area contributed by atoms with E-state index in [1.54, 1.807) is 18.2 Å². The molecule has 6 heteroatoms. The van der Waals surface area contributed by atoms with Gasteiger partial charge in [-0.15, -0.1) is 0 Å². The van der Waals surface area contributed by atoms with Crippen LogP contribution in [0.5, 0.6) is 0 Å². The Morgan fingerprint density at radius 2 is 1.67 bits per heavy atom. The van der Waals surface area contributed by atoms with E-state index < -0.39 is 11.1 Å². The molecule has 3 aromatic carbocycles. The Bertz CT molecular complexity index is 1070. The van der Waals surface area contributed by atoms with Gasteiger partial charge in [0.05, 0.1) is 4.92 Å². The van der Waals surface area contributed by atoms with E-state index in [0.717, 1.165) is 18.4 Å². The molecule has 1 heterocycles. The van der Waals surface area contributed by atoms with Crippen LogP contribution in [0.4, 0.5) is 11.4 Å². The van der Waals surface area contributed by atoms with Crippen molar-refractivity contribution in [3.05, 3.63) is 106 Å². The van der Waals surface area contributed by atoms with Gasteiger partial charge in [-0.1, -0.05) is 60.7 Å². The van der Waals surface area contributed by atoms with Gasteiger partial charge in [0.1, 0.15) is 11.9 Å². The fourth-order valence-electron chi connectivity index (χ4n) is 4.00. The molecule has 0 saturated carbocycles. The normalized spacial score (nSPS) is 16.2. The maximum atomic E-state index is 13.2. The molecule has 0 unspecified atom stereocenters. The number of amides is 1. The average Bonchev–Trinajstić information content (AvgIpc) is 3.05. The van der Waals surface area contributed by atoms with Crippen LogP contribution < -0.4 is 5.32 Å². The molecule has 152 valence electrons. The minimum Gasteiger partial charge on any atom is -0.356 e. The standard InChI is InChI=1S/C24H23N3O3/c1-17(15-16-18-9-3-2-4-10-18)26-23(19-11-5-6-12-20(19)24(26)28)25-21-13-7-8-14-22(21)27(29)30/h2-14,17,23,25H,15-16H2,1H3/t17-,23+/m0/s1. The van der Waals surface area contributed by atoms with E-state index in [4.69, 9.17) is 0 Å². The van der Waals surface area contributed by atoms with Crippen LogP contribution in [0, 0.1) is 10.1 Å². The van der Waals surface area contributed by atoms with Gasteiger partial charge in [-0.25, -0.2) is 0 Å². The SMILES string of the molecule is C[C@@H](CCc1ccccc1)N1C(=O)c2ccccc2[C@@H]1Nc1ccccc1[N+](=O)[O-]. The predicted molar refractivity (Wildman–Crippen MR) is 116 cm³/mol. The molecule has 0 saturated heterocycles. The Hall–Kier alpha value is -3.67. The molecular weight excluding hydrogens is 378 g/mol. The summed E-state index contributed by atoms with van der Waals surface area (Å²) in [6.45, 7) is 2.03. The zero-order chi connectivity index (χ0) is 21.1. The molecule has 1 amide bonds. The summed E-state index contributed by atoms with van der Waals surface area (Å²) < 4.78 is 0. The molecule has 1 aliphatic rings. The van der Waals surface area contributed by atoms with E-state index >= 15 is 0 Å². The smallest absolute Gasteiger partial charge is 0.292 e. The zero-order valence-electron chi connectivity index (χ0n) is 16.7. The number of anilines is 1. The van der Waals surface area contributed by atoms with Crippen LogP contribution in [-0.2, 0) is 6.42 Å². The summed E-state index contributed by atoms with van der Waals surface area (Å²) in [4.78, 5) is 26.1. The lowest BCUT2D eigenvalue weighted by atomic mass is 10.0. The Labute approximate surface area is 175 Å². The Morgan fingerprint density at radius 1 is 1.00 bits per heavy atom. The Kier molecular flexibility index (Phi) is 5.48. The molecule has 1 N–H and O–H groups in total. The molecule has 0 aliphatic carbocycles. The van der Waals surface area contributed by atoms with Gasteiger partial charge in [-0.05, 0) is 37.5 Å². The molecule has 6 nitrogen and oxygen atoms in total. The van der Waals surface area contributed by atoms with E-state index in [9.17, 15) is 14.9 Å². The molecule has 30 heavy (non-hydrogen) atoms. The fraction of sp³-hybridized carbons (Fsp3) is 0.208. The maximum absolute atomic E-state index is 13.2. The number of benzene rings is 3. The molecule has 3 aromatic rings. The van der Waals surface area contributed by atoms with Crippen molar-refractivity contribution in [3.8, 4) is 0 Å². The highest BCUT2D eigenvalue weighted by atomic mass is 16.6. The summed E-state index contributed by atoms with van der Waals surface area (Å²) in [6.07, 6.45) is 1.18. The second-order valence-electron chi connectivity index (χ2n) is 7.49. The first-order valence-electron chi connectivity index (χ1n) is 10.0. The number of carbonyl (C=O) groups excluding carboxylic acids is 1. The minimum absolute atomic E-state index is 0.00813. The first-order chi connectivity index (χ1) is 14.6. The number of nitrogens with zero attached hydrogens (tertiary/aromatic N) is 2. The molecule has 0 spiro atoms. The van der Waals surface area contributed by atoms with Gasteiger partial charge < -0.3 is 10.2 Å². The number of hydrogen-bond donors (Lipinski definition) is 1. The first-order valence-corrected chi connectivity index (χ1v) is 10.0. The van der Waals surface area contributed by atoms with Crippen molar-refractivity contribution in [2.24, 2.45) is 0 Å². The Balaban J connectivity index is 1.63. The van der Waals surface area contributed by atoms with Gasteiger partial charge in [0, 0.05) is 23.2 Å². The van der Waals surface area contributed by atoms with Crippen LogP contribution in [0.25, 0.3) is 0 Å². The summed E-state index contributed by atoms with van der Waals surface area (Å²) in [7, 11) is 0. The lowest BCUT2D eigenvalue weighted by molar-refractivity contribution is -0.384. The molecular formula is C24H23N3O3. The number of para-hydroxylation sites is 2. The van der Waals surface area contributed by atoms with Crippen LogP contribution in [-0.4, -0.2) is 21.8 Å². The summed E-state index contributed by atoms with van der Waals surface area (Å²) in [5, 5.41) is 14.7. The van der Waals surface area contributed by atoms with E-state index in [-0.39, 0.29) is 17.6 Å². The zero-order valence-corrected chi connectivity index (χ0v) is 16.7. The number of hydrogen-bond acceptors (Lipinski definition) is 4. The Morgan fingerprint density at radius 3 is 2.43 bits per heavy atom. The molecule has 0 aromatic heterocycles.